The van der Waals surface area contributed by atoms with Crippen molar-refractivity contribution in [2.24, 2.45) is 7.05 Å². The third kappa shape index (κ3) is 2.51. The highest BCUT2D eigenvalue weighted by molar-refractivity contribution is 6.01. The third-order valence-electron chi connectivity index (χ3n) is 4.16. The fraction of sp³-hybridized carbons (Fsp3) is 0.235. The molecule has 8 nitrogen and oxygen atoms in total. The van der Waals surface area contributed by atoms with E-state index < -0.39 is 35.3 Å². The zero-order chi connectivity index (χ0) is 18.5. The van der Waals surface area contributed by atoms with Gasteiger partial charge in [-0.2, -0.15) is 0 Å². The summed E-state index contributed by atoms with van der Waals surface area (Å²) in [6, 6.07) is 5.57. The second-order valence-electron chi connectivity index (χ2n) is 5.98. The lowest BCUT2D eigenvalue weighted by Crippen LogP contribution is -2.36. The van der Waals surface area contributed by atoms with Gasteiger partial charge in [-0.25, -0.2) is 9.20 Å². The molecule has 0 aliphatic carbocycles. The van der Waals surface area contributed by atoms with Crippen molar-refractivity contribution < 1.29 is 19.8 Å². The molecule has 0 saturated heterocycles. The van der Waals surface area contributed by atoms with Crippen LogP contribution in [-0.2, 0) is 11.8 Å². The van der Waals surface area contributed by atoms with Gasteiger partial charge in [-0.3, -0.25) is 14.4 Å². The van der Waals surface area contributed by atoms with E-state index in [-0.39, 0.29) is 0 Å². The van der Waals surface area contributed by atoms with Crippen molar-refractivity contribution >= 4 is 28.3 Å². The molecule has 0 bridgehead atoms. The number of amides is 1. The summed E-state index contributed by atoms with van der Waals surface area (Å²) in [4.78, 5) is 35.3. The molecule has 3 rings (SSSR count). The summed E-state index contributed by atoms with van der Waals surface area (Å²) in [7, 11) is 1.49. The van der Waals surface area contributed by atoms with E-state index in [1.807, 2.05) is 26.0 Å². The Morgan fingerprint density at radius 2 is 1.84 bits per heavy atom. The number of hydrogen-bond acceptors (Lipinski definition) is 4. The predicted octanol–water partition coefficient (Wildman–Crippen LogP) is 0.928. The van der Waals surface area contributed by atoms with Gasteiger partial charge in [0.1, 0.15) is 17.6 Å². The molecule has 1 aromatic carbocycles. The van der Waals surface area contributed by atoms with E-state index in [4.69, 9.17) is 5.11 Å². The first kappa shape index (κ1) is 16.6. The van der Waals surface area contributed by atoms with E-state index >= 15 is 0 Å². The molecule has 3 N–H and O–H groups in total. The number of aliphatic carboxylic acids is 1. The van der Waals surface area contributed by atoms with Gasteiger partial charge in [0.25, 0.3) is 11.5 Å². The smallest absolute Gasteiger partial charge is 0.322 e. The number of aromatic hydroxyl groups is 1. The van der Waals surface area contributed by atoms with Gasteiger partial charge in [0.05, 0.1) is 5.52 Å². The van der Waals surface area contributed by atoms with Crippen molar-refractivity contribution in [3.63, 3.8) is 0 Å². The molecule has 0 atom stereocenters. The fourth-order valence-electron chi connectivity index (χ4n) is 3.07. The molecule has 8 heteroatoms. The molecule has 0 fully saturated rings. The molecule has 0 aliphatic heterocycles. The standard InChI is InChI=1S/C17H17N3O5/c1-8-4-9(2)10-6-12-15(23)14(16(24)18-7-13(21)22)17(25)19(3)20(12)11(10)5-8/h4-6,23H,7H2,1-3H3,(H,18,24)(H,21,22). The lowest BCUT2D eigenvalue weighted by molar-refractivity contribution is -0.135. The average Bonchev–Trinajstić information content (AvgIpc) is 2.91. The van der Waals surface area contributed by atoms with Crippen molar-refractivity contribution in [2.45, 2.75) is 13.8 Å². The van der Waals surface area contributed by atoms with Gasteiger partial charge in [0, 0.05) is 12.4 Å². The third-order valence-corrected chi connectivity index (χ3v) is 4.16. The van der Waals surface area contributed by atoms with Crippen molar-refractivity contribution in [1.82, 2.24) is 14.5 Å². The van der Waals surface area contributed by atoms with Crippen LogP contribution in [0.2, 0.25) is 0 Å². The van der Waals surface area contributed by atoms with E-state index in [1.165, 1.54) is 11.7 Å². The van der Waals surface area contributed by atoms with Gasteiger partial charge in [-0.1, -0.05) is 6.07 Å². The number of rotatable bonds is 3. The van der Waals surface area contributed by atoms with Crippen LogP contribution >= 0.6 is 0 Å². The number of carboxylic acids is 1. The Morgan fingerprint density at radius 1 is 1.16 bits per heavy atom. The highest BCUT2D eigenvalue weighted by atomic mass is 16.4. The monoisotopic (exact) mass is 343 g/mol. The molecular formula is C17H17N3O5. The number of fused-ring (bicyclic) bond motifs is 3. The summed E-state index contributed by atoms with van der Waals surface area (Å²) in [6.07, 6.45) is 0. The Balaban J connectivity index is 2.34. The maximum Gasteiger partial charge on any atom is 0.322 e. The van der Waals surface area contributed by atoms with Gasteiger partial charge in [-0.15, -0.1) is 0 Å². The van der Waals surface area contributed by atoms with Crippen molar-refractivity contribution in [2.75, 3.05) is 6.54 Å². The minimum Gasteiger partial charge on any atom is -0.505 e. The fourth-order valence-corrected chi connectivity index (χ4v) is 3.07. The van der Waals surface area contributed by atoms with E-state index in [0.717, 1.165) is 22.0 Å². The zero-order valence-electron chi connectivity index (χ0n) is 14.0. The first-order chi connectivity index (χ1) is 11.7. The minimum atomic E-state index is -1.25. The number of aryl methyl sites for hydroxylation is 3. The molecule has 0 radical (unpaired) electrons. The van der Waals surface area contributed by atoms with Crippen LogP contribution in [0, 0.1) is 13.8 Å². The van der Waals surface area contributed by atoms with E-state index in [0.29, 0.717) is 5.52 Å². The average molecular weight is 343 g/mol. The van der Waals surface area contributed by atoms with Crippen LogP contribution in [0.4, 0.5) is 0 Å². The van der Waals surface area contributed by atoms with Gasteiger partial charge >= 0.3 is 5.97 Å². The topological polar surface area (TPSA) is 113 Å². The van der Waals surface area contributed by atoms with Gasteiger partial charge < -0.3 is 15.5 Å². The molecule has 0 unspecified atom stereocenters. The second kappa shape index (κ2) is 5.66. The molecule has 2 aromatic heterocycles. The van der Waals surface area contributed by atoms with E-state index in [2.05, 4.69) is 5.32 Å². The lowest BCUT2D eigenvalue weighted by Gasteiger charge is -2.11. The van der Waals surface area contributed by atoms with E-state index in [9.17, 15) is 19.5 Å². The number of carboxylic acid groups (broad SMARTS) is 1. The largest absolute Gasteiger partial charge is 0.505 e. The second-order valence-corrected chi connectivity index (χ2v) is 5.98. The normalized spacial score (nSPS) is 11.2. The molecule has 1 amide bonds. The molecule has 3 aromatic rings. The molecular weight excluding hydrogens is 326 g/mol. The Labute approximate surface area is 141 Å². The van der Waals surface area contributed by atoms with Crippen LogP contribution in [-0.4, -0.2) is 37.8 Å². The van der Waals surface area contributed by atoms with Crippen molar-refractivity contribution in [3.05, 3.63) is 45.2 Å². The van der Waals surface area contributed by atoms with Gasteiger partial charge in [0.2, 0.25) is 0 Å². The number of benzene rings is 1. The Morgan fingerprint density at radius 3 is 2.48 bits per heavy atom. The van der Waals surface area contributed by atoms with Crippen LogP contribution in [0.15, 0.2) is 23.0 Å². The molecule has 2 heterocycles. The van der Waals surface area contributed by atoms with Crippen molar-refractivity contribution in [1.29, 1.82) is 0 Å². The summed E-state index contributed by atoms with van der Waals surface area (Å²) in [5, 5.41) is 22.1. The van der Waals surface area contributed by atoms with Crippen LogP contribution in [0.3, 0.4) is 0 Å². The Hall–Kier alpha value is -3.29. The number of carbonyl (C=O) groups excluding carboxylic acids is 1. The molecule has 0 aliphatic rings. The number of aromatic nitrogens is 2. The minimum absolute atomic E-state index is 0.297. The van der Waals surface area contributed by atoms with Gasteiger partial charge in [-0.05, 0) is 37.1 Å². The maximum absolute atomic E-state index is 12.6. The van der Waals surface area contributed by atoms with Crippen LogP contribution in [0.5, 0.6) is 5.75 Å². The first-order valence-electron chi connectivity index (χ1n) is 7.57. The Bertz CT molecular complexity index is 1110. The Kier molecular flexibility index (Phi) is 3.75. The van der Waals surface area contributed by atoms with E-state index in [1.54, 1.807) is 10.6 Å². The van der Waals surface area contributed by atoms with Gasteiger partial charge in [0.15, 0.2) is 5.75 Å². The number of hydrogen-bond donors (Lipinski definition) is 3. The quantitative estimate of drug-likeness (QED) is 0.655. The van der Waals surface area contributed by atoms with Crippen LogP contribution in [0.1, 0.15) is 21.5 Å². The summed E-state index contributed by atoms with van der Waals surface area (Å²) >= 11 is 0. The summed E-state index contributed by atoms with van der Waals surface area (Å²) in [5.74, 6) is -2.65. The first-order valence-corrected chi connectivity index (χ1v) is 7.57. The molecule has 0 spiro atoms. The highest BCUT2D eigenvalue weighted by Crippen LogP contribution is 2.30. The molecule has 0 saturated carbocycles. The number of carbonyl (C=O) groups is 2. The maximum atomic E-state index is 12.6. The predicted molar refractivity (Wildman–Crippen MR) is 91.3 cm³/mol. The summed E-state index contributed by atoms with van der Waals surface area (Å²) in [6.45, 7) is 3.20. The highest BCUT2D eigenvalue weighted by Gasteiger charge is 2.23. The summed E-state index contributed by atoms with van der Waals surface area (Å²) in [5.41, 5.74) is 1.81. The molecule has 25 heavy (non-hydrogen) atoms. The van der Waals surface area contributed by atoms with Crippen molar-refractivity contribution in [3.8, 4) is 5.75 Å². The zero-order valence-corrected chi connectivity index (χ0v) is 14.0. The number of nitrogens with one attached hydrogen (secondary N) is 1. The SMILES string of the molecule is Cc1cc(C)c2cc3c(O)c(C(=O)NCC(=O)O)c(=O)n(C)n3c2c1. The lowest BCUT2D eigenvalue weighted by atomic mass is 10.1. The molecule has 130 valence electrons. The van der Waals surface area contributed by atoms with Crippen LogP contribution in [0.25, 0.3) is 16.4 Å². The van der Waals surface area contributed by atoms with Crippen LogP contribution < -0.4 is 10.9 Å². The number of nitrogens with zero attached hydrogens (tertiary/aromatic N) is 2. The summed E-state index contributed by atoms with van der Waals surface area (Å²) < 4.78 is 2.77.